The Labute approximate surface area is 480 Å². The lowest BCUT2D eigenvalue weighted by Crippen LogP contribution is -2.44. The molecule has 8 aliphatic rings. The first kappa shape index (κ1) is 112. The number of rotatable bonds is 0. The van der Waals surface area contributed by atoms with E-state index >= 15 is 0 Å². The van der Waals surface area contributed by atoms with Crippen LogP contribution in [0, 0.1) is 130 Å². The van der Waals surface area contributed by atoms with Gasteiger partial charge in [0.25, 0.3) is 0 Å². The van der Waals surface area contributed by atoms with Crippen molar-refractivity contribution < 1.29 is 0 Å². The molecule has 2 unspecified atom stereocenters. The van der Waals surface area contributed by atoms with Crippen molar-refractivity contribution in [1.29, 1.82) is 0 Å². The largest absolute Gasteiger partial charge is 0.0880 e. The summed E-state index contributed by atoms with van der Waals surface area (Å²) >= 11 is 0. The smallest absolute Gasteiger partial charge is 0.0233 e. The normalized spacial score (nSPS) is 36.4. The molecular weight excluding hydrogens is 877 g/mol. The molecule has 7 fully saturated rings. The zero-order chi connectivity index (χ0) is 52.4. The van der Waals surface area contributed by atoms with Gasteiger partial charge in [0.15, 0.2) is 0 Å². The molecule has 466 valence electrons. The van der Waals surface area contributed by atoms with Gasteiger partial charge in [-0.1, -0.05) is 314 Å². The molecule has 0 saturated heterocycles. The summed E-state index contributed by atoms with van der Waals surface area (Å²) in [6.45, 7) is 74.1. The summed E-state index contributed by atoms with van der Waals surface area (Å²) in [6, 6.07) is 0. The summed E-state index contributed by atoms with van der Waals surface area (Å²) in [4.78, 5) is 0. The number of hydrogen-bond acceptors (Lipinski definition) is 0. The van der Waals surface area contributed by atoms with E-state index in [4.69, 9.17) is 0 Å². The summed E-state index contributed by atoms with van der Waals surface area (Å²) in [5.41, 5.74) is 0. The van der Waals surface area contributed by atoms with Crippen LogP contribution in [0.15, 0.2) is 12.2 Å². The SMILES string of the molecule is C.C.C.C.C.C.C.C.C.CC.CC.CC.CC.CC.CC.CC.CC.CC.CC.C[C@@H]1C2C(C[C@@H]1C)C1C2C[C@H](C)[C@@H]1C.C[C@@H]1C=CC[C@@H]1C.C[C@@H]1[C@H](C)[C@H](C)C[C@@H]1C.C[C@H]1[C@@H]2C(C[C@H]1C)[C@@H]1C[C@H](C)[C@H](C)C12. The maximum Gasteiger partial charge on any atom is -0.0233 e. The van der Waals surface area contributed by atoms with Gasteiger partial charge in [-0.25, -0.2) is 0 Å². The molecule has 7 saturated carbocycles. The Kier molecular flexibility index (Phi) is 102. The van der Waals surface area contributed by atoms with Crippen LogP contribution in [-0.2, 0) is 0 Å². The van der Waals surface area contributed by atoms with Crippen LogP contribution in [0.2, 0.25) is 0 Å². The highest BCUT2D eigenvalue weighted by Crippen LogP contribution is 2.69. The van der Waals surface area contributed by atoms with Gasteiger partial charge in [-0.15, -0.1) is 0 Å². The fraction of sp³-hybridized carbons (Fsp3) is 0.973. The third-order valence-electron chi connectivity index (χ3n) is 17.8. The van der Waals surface area contributed by atoms with E-state index < -0.39 is 0 Å². The van der Waals surface area contributed by atoms with Gasteiger partial charge in [-0.05, 0) is 169 Å². The van der Waals surface area contributed by atoms with Gasteiger partial charge < -0.3 is 0 Å². The van der Waals surface area contributed by atoms with Crippen molar-refractivity contribution in [3.05, 3.63) is 12.2 Å². The molecule has 8 rings (SSSR count). The zero-order valence-corrected chi connectivity index (χ0v) is 52.1. The predicted octanol–water partition coefficient (Wildman–Crippen LogP) is 28.8. The summed E-state index contributed by atoms with van der Waals surface area (Å²) in [5, 5.41) is 0. The molecule has 0 heterocycles. The van der Waals surface area contributed by atoms with Crippen molar-refractivity contribution in [2.75, 3.05) is 0 Å². The van der Waals surface area contributed by atoms with Crippen LogP contribution in [0.3, 0.4) is 0 Å². The Morgan fingerprint density at radius 2 is 0.411 bits per heavy atom. The molecular formula is C73H174. The Morgan fingerprint density at radius 3 is 0.562 bits per heavy atom. The highest BCUT2D eigenvalue weighted by molar-refractivity contribution is 5.11. The first-order chi connectivity index (χ1) is 30.6. The number of fused-ring (bicyclic) bond motifs is 8. The van der Waals surface area contributed by atoms with Gasteiger partial charge in [-0.3, -0.25) is 0 Å². The van der Waals surface area contributed by atoms with E-state index in [-0.39, 0.29) is 66.8 Å². The van der Waals surface area contributed by atoms with Crippen LogP contribution < -0.4 is 0 Å². The maximum atomic E-state index is 2.52. The van der Waals surface area contributed by atoms with Crippen LogP contribution in [0.25, 0.3) is 0 Å². The van der Waals surface area contributed by atoms with Crippen molar-refractivity contribution in [2.45, 2.75) is 341 Å². The van der Waals surface area contributed by atoms with Crippen molar-refractivity contribution in [3.63, 3.8) is 0 Å². The first-order valence-electron chi connectivity index (χ1n) is 30.3. The quantitative estimate of drug-likeness (QED) is 0.212. The lowest BCUT2D eigenvalue weighted by molar-refractivity contribution is -0.0149. The lowest BCUT2D eigenvalue weighted by Gasteiger charge is -2.49. The van der Waals surface area contributed by atoms with Crippen LogP contribution in [-0.4, -0.2) is 0 Å². The van der Waals surface area contributed by atoms with Gasteiger partial charge >= 0.3 is 0 Å². The molecule has 0 heteroatoms. The van der Waals surface area contributed by atoms with Gasteiger partial charge in [0.05, 0.1) is 0 Å². The van der Waals surface area contributed by atoms with E-state index in [9.17, 15) is 0 Å². The van der Waals surface area contributed by atoms with Gasteiger partial charge in [-0.2, -0.15) is 0 Å². The second-order valence-corrected chi connectivity index (χ2v) is 19.7. The molecule has 0 amide bonds. The fourth-order valence-electron chi connectivity index (χ4n) is 13.4. The summed E-state index contributed by atoms with van der Waals surface area (Å²) in [7, 11) is 0. The molecule has 8 aliphatic carbocycles. The molecule has 0 nitrogen and oxygen atoms in total. The fourth-order valence-corrected chi connectivity index (χ4v) is 13.4. The number of hydrogen-bond donors (Lipinski definition) is 0. The minimum atomic E-state index is 0. The predicted molar refractivity (Wildman–Crippen MR) is 367 cm³/mol. The van der Waals surface area contributed by atoms with Crippen LogP contribution in [0.1, 0.15) is 341 Å². The third-order valence-corrected chi connectivity index (χ3v) is 17.8. The van der Waals surface area contributed by atoms with Crippen molar-refractivity contribution >= 4 is 0 Å². The minimum absolute atomic E-state index is 0. The molecule has 0 radical (unpaired) electrons. The topological polar surface area (TPSA) is 0 Å². The summed E-state index contributed by atoms with van der Waals surface area (Å²) < 4.78 is 0. The Bertz CT molecular complexity index is 889. The van der Waals surface area contributed by atoms with E-state index in [0.717, 1.165) is 130 Å². The van der Waals surface area contributed by atoms with Gasteiger partial charge in [0.1, 0.15) is 0 Å². The molecule has 0 bridgehead atoms. The third kappa shape index (κ3) is 31.2. The van der Waals surface area contributed by atoms with Crippen molar-refractivity contribution in [3.8, 4) is 0 Å². The molecule has 73 heavy (non-hydrogen) atoms. The van der Waals surface area contributed by atoms with Crippen LogP contribution >= 0.6 is 0 Å². The van der Waals surface area contributed by atoms with E-state index in [1.54, 1.807) is 25.7 Å². The Morgan fingerprint density at radius 1 is 0.219 bits per heavy atom. The molecule has 0 aliphatic heterocycles. The van der Waals surface area contributed by atoms with E-state index in [0.29, 0.717) is 0 Å². The van der Waals surface area contributed by atoms with E-state index in [1.165, 1.54) is 12.8 Å². The standard InChI is InChI=1S/2C14H24.C9H18.C7H12.10C2H6.9CH4/c1-7-5-11-13(9(7)3)12-6-8(2)10(4)14(11)12;1-7-5-11-12-6-8(2)10(4)14(12)13(11)9(7)3;1-6-5-7(2)9(4)8(6)3;1-6-4-3-5-7(6)2;10*1-2;;;;;;;;;/h2*7-14H,5-6H2,1-4H3;6-9H,5H2,1-4H3;3-4,6-7H,5H2,1-2H3;10*1-2H3;9*1H4/t7-,8-,9-,10-,11?,12?,13?,14?;7-,8+,9-,10+,11-,12?,13?,14+;6-,7+,8-,9+;6-,7+;;;;;;;;;;;;;;;;;;;/m00.1.................../s1. The monoisotopic (exact) mass is 1050 g/mol. The Balaban J connectivity index is -0.0000000415. The molecule has 18 atom stereocenters. The highest BCUT2D eigenvalue weighted by atomic mass is 14.7. The second kappa shape index (κ2) is 66.0. The molecule has 0 N–H and O–H groups in total. The van der Waals surface area contributed by atoms with Crippen LogP contribution in [0.4, 0.5) is 0 Å². The second-order valence-electron chi connectivity index (χ2n) is 19.7. The number of allylic oxidation sites excluding steroid dienone is 2. The van der Waals surface area contributed by atoms with Crippen molar-refractivity contribution in [2.24, 2.45) is 130 Å². The average molecular weight is 1050 g/mol. The average Bonchev–Trinajstić information content (AvgIpc) is 4.12. The summed E-state index contributed by atoms with van der Waals surface area (Å²) in [6.07, 6.45) is 13.5. The zero-order valence-electron chi connectivity index (χ0n) is 52.1. The highest BCUT2D eigenvalue weighted by Gasteiger charge is 2.63. The molecule has 0 spiro atoms. The lowest BCUT2D eigenvalue weighted by atomic mass is 9.56. The molecule has 0 aromatic carbocycles. The van der Waals surface area contributed by atoms with E-state index in [2.05, 4.69) is 109 Å². The summed E-state index contributed by atoms with van der Waals surface area (Å²) in [5.74, 6) is 22.8. The Hall–Kier alpha value is -0.260. The van der Waals surface area contributed by atoms with Gasteiger partial charge in [0.2, 0.25) is 0 Å². The first-order valence-corrected chi connectivity index (χ1v) is 30.3. The molecule has 0 aromatic rings. The van der Waals surface area contributed by atoms with E-state index in [1.807, 2.05) is 138 Å². The minimum Gasteiger partial charge on any atom is -0.0880 e. The van der Waals surface area contributed by atoms with Crippen LogP contribution in [0.5, 0.6) is 0 Å². The van der Waals surface area contributed by atoms with Crippen molar-refractivity contribution in [1.82, 2.24) is 0 Å². The molecule has 0 aromatic heterocycles. The maximum absolute atomic E-state index is 2.52. The van der Waals surface area contributed by atoms with Gasteiger partial charge in [0, 0.05) is 0 Å².